The fraction of sp³-hybridized carbons (Fsp3) is 0.400. The number of hydrogen-bond acceptors (Lipinski definition) is 5. The largest absolute Gasteiger partial charge is 0.392 e. The lowest BCUT2D eigenvalue weighted by atomic mass is 9.98. The predicted molar refractivity (Wildman–Crippen MR) is 138 cm³/mol. The van der Waals surface area contributed by atoms with E-state index in [9.17, 15) is 5.11 Å². The first-order valence-corrected chi connectivity index (χ1v) is 12.8. The van der Waals surface area contributed by atoms with Gasteiger partial charge in [0.25, 0.3) is 0 Å². The van der Waals surface area contributed by atoms with Gasteiger partial charge in [-0.05, 0) is 65.9 Å². The lowest BCUT2D eigenvalue weighted by Crippen LogP contribution is -2.41. The van der Waals surface area contributed by atoms with Crippen LogP contribution in [0.2, 0.25) is 0 Å². The molecule has 0 bridgehead atoms. The third kappa shape index (κ3) is 6.00. The Morgan fingerprint density at radius 2 is 1.54 bits per heavy atom. The van der Waals surface area contributed by atoms with Crippen LogP contribution in [0.5, 0.6) is 0 Å². The van der Waals surface area contributed by atoms with Crippen molar-refractivity contribution in [2.45, 2.75) is 57.3 Å². The molecule has 3 aromatic carbocycles. The van der Waals surface area contributed by atoms with Gasteiger partial charge in [0.2, 0.25) is 0 Å². The van der Waals surface area contributed by atoms with Gasteiger partial charge in [0.05, 0.1) is 18.8 Å². The Kier molecular flexibility index (Phi) is 7.92. The Bertz CT molecular complexity index is 1090. The lowest BCUT2D eigenvalue weighted by Gasteiger charge is -2.39. The van der Waals surface area contributed by atoms with Crippen LogP contribution < -0.4 is 5.73 Å². The molecule has 5 heteroatoms. The van der Waals surface area contributed by atoms with Gasteiger partial charge in [0, 0.05) is 25.1 Å². The van der Waals surface area contributed by atoms with Gasteiger partial charge in [0.1, 0.15) is 0 Å². The molecule has 3 unspecified atom stereocenters. The summed E-state index contributed by atoms with van der Waals surface area (Å²) in [6, 6.07) is 24.9. The SMILES string of the molecule is NCc1cccc(-c2cccc(C3OC(CN4CCCCC4)CC(c4ccc(CO)cc4)O3)c2)c1. The molecule has 2 heterocycles. The van der Waals surface area contributed by atoms with E-state index in [1.165, 1.54) is 19.3 Å². The van der Waals surface area contributed by atoms with E-state index in [-0.39, 0.29) is 18.8 Å². The predicted octanol–water partition coefficient (Wildman–Crippen LogP) is 5.34. The fourth-order valence-electron chi connectivity index (χ4n) is 5.21. The van der Waals surface area contributed by atoms with Gasteiger partial charge in [-0.25, -0.2) is 0 Å². The number of aliphatic hydroxyl groups excluding tert-OH is 1. The number of benzene rings is 3. The van der Waals surface area contributed by atoms with Crippen molar-refractivity contribution < 1.29 is 14.6 Å². The van der Waals surface area contributed by atoms with Crippen LogP contribution in [0.1, 0.15) is 60.3 Å². The third-order valence-electron chi connectivity index (χ3n) is 7.18. The summed E-state index contributed by atoms with van der Waals surface area (Å²) < 4.78 is 13.1. The highest BCUT2D eigenvalue weighted by molar-refractivity contribution is 5.65. The number of likely N-dealkylation sites (tertiary alicyclic amines) is 1. The number of ether oxygens (including phenoxy) is 2. The molecule has 0 saturated carbocycles. The van der Waals surface area contributed by atoms with E-state index in [1.807, 2.05) is 12.1 Å². The molecule has 35 heavy (non-hydrogen) atoms. The van der Waals surface area contributed by atoms with Gasteiger partial charge in [0.15, 0.2) is 6.29 Å². The molecule has 2 aliphatic rings. The zero-order valence-electron chi connectivity index (χ0n) is 20.3. The molecular formula is C30H36N2O3. The van der Waals surface area contributed by atoms with Crippen molar-refractivity contribution in [1.82, 2.24) is 4.90 Å². The van der Waals surface area contributed by atoms with E-state index in [0.29, 0.717) is 6.54 Å². The number of aliphatic hydroxyl groups is 1. The second-order valence-corrected chi connectivity index (χ2v) is 9.74. The number of nitrogens with zero attached hydrogens (tertiary/aromatic N) is 1. The van der Waals surface area contributed by atoms with Crippen molar-refractivity contribution in [1.29, 1.82) is 0 Å². The number of hydrogen-bond donors (Lipinski definition) is 2. The average Bonchev–Trinajstić information content (AvgIpc) is 2.93. The van der Waals surface area contributed by atoms with Crippen LogP contribution in [0.3, 0.4) is 0 Å². The molecule has 0 radical (unpaired) electrons. The number of rotatable bonds is 7. The summed E-state index contributed by atoms with van der Waals surface area (Å²) in [5.41, 5.74) is 12.3. The Hall–Kier alpha value is -2.54. The molecule has 2 aliphatic heterocycles. The van der Waals surface area contributed by atoms with Crippen LogP contribution in [-0.2, 0) is 22.6 Å². The lowest BCUT2D eigenvalue weighted by molar-refractivity contribution is -0.253. The maximum Gasteiger partial charge on any atom is 0.184 e. The highest BCUT2D eigenvalue weighted by atomic mass is 16.7. The van der Waals surface area contributed by atoms with E-state index >= 15 is 0 Å². The molecule has 5 rings (SSSR count). The van der Waals surface area contributed by atoms with Gasteiger partial charge < -0.3 is 25.2 Å². The summed E-state index contributed by atoms with van der Waals surface area (Å²) >= 11 is 0. The van der Waals surface area contributed by atoms with Crippen LogP contribution >= 0.6 is 0 Å². The minimum atomic E-state index is -0.432. The van der Waals surface area contributed by atoms with Gasteiger partial charge in [-0.2, -0.15) is 0 Å². The van der Waals surface area contributed by atoms with Gasteiger partial charge in [-0.3, -0.25) is 0 Å². The molecule has 0 spiro atoms. The third-order valence-corrected chi connectivity index (χ3v) is 7.18. The number of nitrogens with two attached hydrogens (primary N) is 1. The summed E-state index contributed by atoms with van der Waals surface area (Å²) in [6.07, 6.45) is 4.29. The molecule has 184 valence electrons. The zero-order chi connectivity index (χ0) is 24.0. The Labute approximate surface area is 208 Å². The van der Waals surface area contributed by atoms with E-state index in [1.54, 1.807) is 0 Å². The topological polar surface area (TPSA) is 68.0 Å². The standard InChI is InChI=1S/C30H36N2O3/c31-19-23-6-4-7-25(16-23)26-8-5-9-27(17-26)30-34-28(20-32-14-2-1-3-15-32)18-29(35-30)24-12-10-22(21-33)11-13-24/h4-13,16-17,28-30,33H,1-3,14-15,18-21,31H2. The van der Waals surface area contributed by atoms with Gasteiger partial charge >= 0.3 is 0 Å². The van der Waals surface area contributed by atoms with Crippen molar-refractivity contribution in [3.05, 3.63) is 95.1 Å². The van der Waals surface area contributed by atoms with Gasteiger partial charge in [-0.15, -0.1) is 0 Å². The fourth-order valence-corrected chi connectivity index (χ4v) is 5.21. The highest BCUT2D eigenvalue weighted by Gasteiger charge is 2.33. The van der Waals surface area contributed by atoms with Crippen molar-refractivity contribution in [2.75, 3.05) is 19.6 Å². The van der Waals surface area contributed by atoms with Crippen LogP contribution in [0, 0.1) is 0 Å². The molecule has 2 saturated heterocycles. The second-order valence-electron chi connectivity index (χ2n) is 9.74. The quantitative estimate of drug-likeness (QED) is 0.486. The summed E-state index contributed by atoms with van der Waals surface area (Å²) in [4.78, 5) is 2.54. The first kappa shape index (κ1) is 24.2. The molecule has 5 nitrogen and oxygen atoms in total. The van der Waals surface area contributed by atoms with Crippen molar-refractivity contribution in [2.24, 2.45) is 5.73 Å². The van der Waals surface area contributed by atoms with Crippen LogP contribution in [0.4, 0.5) is 0 Å². The Morgan fingerprint density at radius 3 is 2.29 bits per heavy atom. The zero-order valence-corrected chi connectivity index (χ0v) is 20.3. The van der Waals surface area contributed by atoms with E-state index in [0.717, 1.165) is 59.4 Å². The monoisotopic (exact) mass is 472 g/mol. The van der Waals surface area contributed by atoms with Crippen LogP contribution in [0.15, 0.2) is 72.8 Å². The number of piperidine rings is 1. The molecule has 3 aromatic rings. The minimum Gasteiger partial charge on any atom is -0.392 e. The summed E-state index contributed by atoms with van der Waals surface area (Å²) in [5.74, 6) is 0. The molecule has 0 amide bonds. The summed E-state index contributed by atoms with van der Waals surface area (Å²) in [7, 11) is 0. The Balaban J connectivity index is 1.40. The maximum atomic E-state index is 9.44. The smallest absolute Gasteiger partial charge is 0.184 e. The van der Waals surface area contributed by atoms with E-state index in [2.05, 4.69) is 65.6 Å². The van der Waals surface area contributed by atoms with Crippen molar-refractivity contribution >= 4 is 0 Å². The van der Waals surface area contributed by atoms with Crippen LogP contribution in [0.25, 0.3) is 11.1 Å². The first-order valence-electron chi connectivity index (χ1n) is 12.8. The van der Waals surface area contributed by atoms with Crippen molar-refractivity contribution in [3.63, 3.8) is 0 Å². The molecule has 0 aliphatic carbocycles. The summed E-state index contributed by atoms with van der Waals surface area (Å²) in [5, 5.41) is 9.44. The second kappa shape index (κ2) is 11.5. The maximum absolute atomic E-state index is 9.44. The summed E-state index contributed by atoms with van der Waals surface area (Å²) in [6.45, 7) is 3.80. The molecule has 3 N–H and O–H groups in total. The Morgan fingerprint density at radius 1 is 0.800 bits per heavy atom. The van der Waals surface area contributed by atoms with Crippen LogP contribution in [-0.4, -0.2) is 35.7 Å². The average molecular weight is 473 g/mol. The van der Waals surface area contributed by atoms with Gasteiger partial charge in [-0.1, -0.05) is 67.1 Å². The first-order chi connectivity index (χ1) is 17.2. The van der Waals surface area contributed by atoms with Crippen molar-refractivity contribution in [3.8, 4) is 11.1 Å². The van der Waals surface area contributed by atoms with E-state index in [4.69, 9.17) is 15.2 Å². The molecule has 3 atom stereocenters. The molecular weight excluding hydrogens is 436 g/mol. The normalized spacial score (nSPS) is 23.3. The highest BCUT2D eigenvalue weighted by Crippen LogP contribution is 2.39. The van der Waals surface area contributed by atoms with E-state index < -0.39 is 6.29 Å². The molecule has 2 fully saturated rings. The molecule has 0 aromatic heterocycles. The minimum absolute atomic E-state index is 0.0489.